The molecule has 0 atom stereocenters. The molecule has 0 fully saturated rings. The van der Waals surface area contributed by atoms with E-state index in [-0.39, 0.29) is 0 Å². The van der Waals surface area contributed by atoms with Gasteiger partial charge in [0.05, 0.1) is 6.34 Å². The fraction of sp³-hybridized carbons (Fsp3) is 0.700. The highest BCUT2D eigenvalue weighted by Gasteiger charge is 2.03. The molecule has 0 radical (unpaired) electrons. The van der Waals surface area contributed by atoms with Crippen molar-refractivity contribution in [3.63, 3.8) is 0 Å². The maximum atomic E-state index is 4.20. The van der Waals surface area contributed by atoms with Crippen molar-refractivity contribution in [1.82, 2.24) is 5.32 Å². The molecule has 0 spiro atoms. The lowest BCUT2D eigenvalue weighted by atomic mass is 9.99. The average molecular weight is 166 g/mol. The summed E-state index contributed by atoms with van der Waals surface area (Å²) in [6.45, 7) is 5.52. The molecule has 68 valence electrons. The molecule has 2 nitrogen and oxygen atoms in total. The van der Waals surface area contributed by atoms with E-state index in [0.717, 1.165) is 6.54 Å². The molecule has 0 aromatic carbocycles. The number of hydrogen-bond acceptors (Lipinski definition) is 2. The van der Waals surface area contributed by atoms with Crippen LogP contribution in [0.5, 0.6) is 0 Å². The van der Waals surface area contributed by atoms with Gasteiger partial charge >= 0.3 is 0 Å². The molecule has 1 N–H and O–H groups in total. The molecule has 1 rings (SSSR count). The molecule has 12 heavy (non-hydrogen) atoms. The van der Waals surface area contributed by atoms with E-state index in [1.807, 2.05) is 6.20 Å². The van der Waals surface area contributed by atoms with E-state index in [1.165, 1.54) is 24.8 Å². The molecule has 2 heteroatoms. The molecular formula is C10H18N2. The molecule has 1 heterocycles. The Bertz CT molecular complexity index is 180. The van der Waals surface area contributed by atoms with Gasteiger partial charge in [-0.2, -0.15) is 0 Å². The van der Waals surface area contributed by atoms with Crippen LogP contribution in [0.4, 0.5) is 0 Å². The van der Waals surface area contributed by atoms with Gasteiger partial charge in [0, 0.05) is 12.7 Å². The summed E-state index contributed by atoms with van der Waals surface area (Å²) in [5, 5.41) is 3.15. The van der Waals surface area contributed by atoms with Gasteiger partial charge in [-0.15, -0.1) is 0 Å². The van der Waals surface area contributed by atoms with Gasteiger partial charge in [-0.25, -0.2) is 4.99 Å². The number of rotatable bonds is 1. The first-order valence-electron chi connectivity index (χ1n) is 4.74. The minimum atomic E-state index is 0.639. The van der Waals surface area contributed by atoms with Crippen molar-refractivity contribution in [2.45, 2.75) is 33.1 Å². The largest absolute Gasteiger partial charge is 0.376 e. The topological polar surface area (TPSA) is 24.4 Å². The van der Waals surface area contributed by atoms with Gasteiger partial charge in [-0.3, -0.25) is 0 Å². The molecule has 0 saturated heterocycles. The van der Waals surface area contributed by atoms with Crippen LogP contribution in [-0.2, 0) is 0 Å². The Morgan fingerprint density at radius 1 is 1.42 bits per heavy atom. The SMILES string of the molecule is CC(C)/C1=C\N=C/NCCCC1. The van der Waals surface area contributed by atoms with Gasteiger partial charge in [0.1, 0.15) is 0 Å². The summed E-state index contributed by atoms with van der Waals surface area (Å²) in [6.07, 6.45) is 7.53. The summed E-state index contributed by atoms with van der Waals surface area (Å²) in [7, 11) is 0. The highest BCUT2D eigenvalue weighted by Crippen LogP contribution is 2.17. The van der Waals surface area contributed by atoms with E-state index in [0.29, 0.717) is 5.92 Å². The van der Waals surface area contributed by atoms with Gasteiger partial charge in [-0.05, 0) is 30.8 Å². The van der Waals surface area contributed by atoms with Crippen molar-refractivity contribution >= 4 is 6.34 Å². The van der Waals surface area contributed by atoms with Crippen LogP contribution in [0.15, 0.2) is 16.8 Å². The van der Waals surface area contributed by atoms with E-state index >= 15 is 0 Å². The normalized spacial score (nSPS) is 26.1. The van der Waals surface area contributed by atoms with Gasteiger partial charge in [-0.1, -0.05) is 13.8 Å². The minimum absolute atomic E-state index is 0.639. The van der Waals surface area contributed by atoms with Gasteiger partial charge in [0.25, 0.3) is 0 Å². The zero-order valence-corrected chi connectivity index (χ0v) is 8.01. The van der Waals surface area contributed by atoms with Gasteiger partial charge < -0.3 is 5.32 Å². The second kappa shape index (κ2) is 4.96. The average Bonchev–Trinajstić information content (AvgIpc) is 2.15. The van der Waals surface area contributed by atoms with Crippen molar-refractivity contribution in [2.75, 3.05) is 6.54 Å². The quantitative estimate of drug-likeness (QED) is 0.635. The van der Waals surface area contributed by atoms with Crippen molar-refractivity contribution in [3.8, 4) is 0 Å². The molecule has 1 aliphatic rings. The predicted molar refractivity (Wildman–Crippen MR) is 53.3 cm³/mol. The Morgan fingerprint density at radius 2 is 2.25 bits per heavy atom. The van der Waals surface area contributed by atoms with Crippen molar-refractivity contribution in [2.24, 2.45) is 10.9 Å². The van der Waals surface area contributed by atoms with Gasteiger partial charge in [0.15, 0.2) is 0 Å². The molecule has 0 aromatic heterocycles. The first kappa shape index (κ1) is 9.30. The maximum Gasteiger partial charge on any atom is 0.0878 e. The fourth-order valence-electron chi connectivity index (χ4n) is 1.31. The van der Waals surface area contributed by atoms with Gasteiger partial charge in [0.2, 0.25) is 0 Å². The summed E-state index contributed by atoms with van der Waals surface area (Å²) in [5.74, 6) is 0.639. The van der Waals surface area contributed by atoms with Crippen LogP contribution >= 0.6 is 0 Å². The van der Waals surface area contributed by atoms with E-state index in [1.54, 1.807) is 6.34 Å². The van der Waals surface area contributed by atoms with Crippen molar-refractivity contribution in [3.05, 3.63) is 11.8 Å². The Hall–Kier alpha value is -0.790. The van der Waals surface area contributed by atoms with Crippen molar-refractivity contribution in [1.29, 1.82) is 0 Å². The summed E-state index contributed by atoms with van der Waals surface area (Å²) in [4.78, 5) is 4.20. The third-order valence-electron chi connectivity index (χ3n) is 2.18. The minimum Gasteiger partial charge on any atom is -0.376 e. The second-order valence-electron chi connectivity index (χ2n) is 3.55. The molecule has 0 aliphatic carbocycles. The van der Waals surface area contributed by atoms with Crippen LogP contribution in [0.3, 0.4) is 0 Å². The van der Waals surface area contributed by atoms with Crippen LogP contribution in [0.2, 0.25) is 0 Å². The molecule has 0 aromatic rings. The Labute approximate surface area is 74.8 Å². The molecule has 0 saturated carbocycles. The lowest BCUT2D eigenvalue weighted by Gasteiger charge is -2.08. The Morgan fingerprint density at radius 3 is 3.00 bits per heavy atom. The maximum absolute atomic E-state index is 4.20. The first-order valence-corrected chi connectivity index (χ1v) is 4.74. The lowest BCUT2D eigenvalue weighted by molar-refractivity contribution is 0.650. The number of hydrogen-bond donors (Lipinski definition) is 1. The first-order chi connectivity index (χ1) is 5.80. The van der Waals surface area contributed by atoms with Crippen LogP contribution in [-0.4, -0.2) is 12.9 Å². The third kappa shape index (κ3) is 3.07. The van der Waals surface area contributed by atoms with E-state index in [4.69, 9.17) is 0 Å². The second-order valence-corrected chi connectivity index (χ2v) is 3.55. The molecule has 0 unspecified atom stereocenters. The van der Waals surface area contributed by atoms with Crippen molar-refractivity contribution < 1.29 is 0 Å². The highest BCUT2D eigenvalue weighted by molar-refractivity contribution is 5.55. The number of allylic oxidation sites excluding steroid dienone is 1. The Balaban J connectivity index is 2.55. The molecular weight excluding hydrogens is 148 g/mol. The molecule has 0 amide bonds. The predicted octanol–water partition coefficient (Wildman–Crippen LogP) is 2.33. The zero-order chi connectivity index (χ0) is 8.81. The van der Waals surface area contributed by atoms with Crippen LogP contribution in [0.1, 0.15) is 33.1 Å². The standard InChI is InChI=1S/C10H18N2/c1-9(2)10-5-3-4-6-11-8-12-7-10/h7-9H,3-6H2,1-2H3,(H,11,12)/b10-7-. The van der Waals surface area contributed by atoms with Crippen LogP contribution in [0.25, 0.3) is 0 Å². The zero-order valence-electron chi connectivity index (χ0n) is 8.01. The number of aliphatic imine (C=N–C) groups is 1. The lowest BCUT2D eigenvalue weighted by Crippen LogP contribution is -2.11. The highest BCUT2D eigenvalue weighted by atomic mass is 14.9. The summed E-state index contributed by atoms with van der Waals surface area (Å²) < 4.78 is 0. The van der Waals surface area contributed by atoms with Crippen LogP contribution in [0, 0.1) is 5.92 Å². The van der Waals surface area contributed by atoms with E-state index in [2.05, 4.69) is 24.2 Å². The summed E-state index contributed by atoms with van der Waals surface area (Å²) in [6, 6.07) is 0. The monoisotopic (exact) mass is 166 g/mol. The number of nitrogens with zero attached hydrogens (tertiary/aromatic N) is 1. The number of nitrogens with one attached hydrogen (secondary N) is 1. The molecule has 0 bridgehead atoms. The van der Waals surface area contributed by atoms with E-state index in [9.17, 15) is 0 Å². The third-order valence-corrected chi connectivity index (χ3v) is 2.18. The summed E-state index contributed by atoms with van der Waals surface area (Å²) in [5.41, 5.74) is 1.47. The summed E-state index contributed by atoms with van der Waals surface area (Å²) >= 11 is 0. The fourth-order valence-corrected chi connectivity index (χ4v) is 1.31. The van der Waals surface area contributed by atoms with Crippen LogP contribution < -0.4 is 5.32 Å². The molecule has 1 aliphatic heterocycles. The smallest absolute Gasteiger partial charge is 0.0878 e. The Kier molecular flexibility index (Phi) is 3.85. The van der Waals surface area contributed by atoms with E-state index < -0.39 is 0 Å².